The van der Waals surface area contributed by atoms with Gasteiger partial charge in [0.25, 0.3) is 0 Å². The van der Waals surface area contributed by atoms with Crippen LogP contribution in [-0.2, 0) is 6.42 Å². The molecule has 0 bridgehead atoms. The summed E-state index contributed by atoms with van der Waals surface area (Å²) in [5.41, 5.74) is 2.92. The van der Waals surface area contributed by atoms with Crippen molar-refractivity contribution >= 4 is 0 Å². The fourth-order valence-corrected chi connectivity index (χ4v) is 4.18. The Morgan fingerprint density at radius 3 is 2.95 bits per heavy atom. The van der Waals surface area contributed by atoms with Gasteiger partial charge in [-0.1, -0.05) is 44.9 Å². The first-order valence-corrected chi connectivity index (χ1v) is 8.78. The maximum absolute atomic E-state index is 5.98. The maximum Gasteiger partial charge on any atom is 0.126 e. The molecule has 1 aliphatic carbocycles. The summed E-state index contributed by atoms with van der Waals surface area (Å²) >= 11 is 0. The van der Waals surface area contributed by atoms with Crippen molar-refractivity contribution in [2.24, 2.45) is 11.8 Å². The van der Waals surface area contributed by atoms with Crippen molar-refractivity contribution in [1.29, 1.82) is 0 Å². The van der Waals surface area contributed by atoms with Crippen molar-refractivity contribution in [2.75, 3.05) is 19.7 Å². The van der Waals surface area contributed by atoms with E-state index in [-0.39, 0.29) is 0 Å². The van der Waals surface area contributed by atoms with E-state index in [9.17, 15) is 0 Å². The number of nitrogens with one attached hydrogen (secondary N) is 1. The van der Waals surface area contributed by atoms with E-state index in [2.05, 4.69) is 37.4 Å². The lowest BCUT2D eigenvalue weighted by molar-refractivity contribution is 0.222. The van der Waals surface area contributed by atoms with Crippen LogP contribution in [0.4, 0.5) is 0 Å². The van der Waals surface area contributed by atoms with Gasteiger partial charge in [-0.2, -0.15) is 0 Å². The van der Waals surface area contributed by atoms with E-state index in [1.807, 2.05) is 0 Å². The molecule has 116 valence electrons. The summed E-state index contributed by atoms with van der Waals surface area (Å²) in [6.45, 7) is 7.65. The summed E-state index contributed by atoms with van der Waals surface area (Å²) in [5, 5.41) is 3.58. The van der Waals surface area contributed by atoms with Gasteiger partial charge in [0.2, 0.25) is 0 Å². The molecule has 3 unspecified atom stereocenters. The molecule has 21 heavy (non-hydrogen) atoms. The highest BCUT2D eigenvalue weighted by atomic mass is 16.5. The maximum atomic E-state index is 5.98. The predicted octanol–water partition coefficient (Wildman–Crippen LogP) is 4.14. The topological polar surface area (TPSA) is 21.3 Å². The van der Waals surface area contributed by atoms with Crippen molar-refractivity contribution in [3.63, 3.8) is 0 Å². The lowest BCUT2D eigenvalue weighted by atomic mass is 9.70. The zero-order chi connectivity index (χ0) is 14.7. The van der Waals surface area contributed by atoms with Crippen LogP contribution in [0.2, 0.25) is 0 Å². The highest BCUT2D eigenvalue weighted by molar-refractivity contribution is 5.46. The molecule has 1 aromatic carbocycles. The smallest absolute Gasteiger partial charge is 0.126 e. The molecule has 1 N–H and O–H groups in total. The molecule has 0 amide bonds. The standard InChI is InChI=1S/C19H29NO/c1-3-14-8-9-16(13-20-4-2)18(12-14)17-7-5-6-15-10-11-21-19(15)17/h5-7,14,16,18,20H,3-4,8-13H2,1-2H3. The quantitative estimate of drug-likeness (QED) is 0.878. The van der Waals surface area contributed by atoms with Crippen LogP contribution in [0.25, 0.3) is 0 Å². The van der Waals surface area contributed by atoms with Crippen LogP contribution in [-0.4, -0.2) is 19.7 Å². The summed E-state index contributed by atoms with van der Waals surface area (Å²) < 4.78 is 5.98. The third-order valence-corrected chi connectivity index (χ3v) is 5.48. The summed E-state index contributed by atoms with van der Waals surface area (Å²) in [6.07, 6.45) is 6.51. The van der Waals surface area contributed by atoms with E-state index in [4.69, 9.17) is 4.74 Å². The second kappa shape index (κ2) is 6.83. The zero-order valence-corrected chi connectivity index (χ0v) is 13.5. The van der Waals surface area contributed by atoms with E-state index in [0.717, 1.165) is 38.0 Å². The predicted molar refractivity (Wildman–Crippen MR) is 88.0 cm³/mol. The largest absolute Gasteiger partial charge is 0.493 e. The summed E-state index contributed by atoms with van der Waals surface area (Å²) in [5.74, 6) is 3.56. The van der Waals surface area contributed by atoms with Crippen LogP contribution >= 0.6 is 0 Å². The van der Waals surface area contributed by atoms with Crippen LogP contribution in [0.5, 0.6) is 5.75 Å². The molecule has 1 aliphatic heterocycles. The molecule has 0 saturated heterocycles. The molecule has 1 saturated carbocycles. The van der Waals surface area contributed by atoms with Crippen LogP contribution in [0.3, 0.4) is 0 Å². The lowest BCUT2D eigenvalue weighted by Crippen LogP contribution is -2.32. The number of fused-ring (bicyclic) bond motifs is 1. The fraction of sp³-hybridized carbons (Fsp3) is 0.684. The minimum Gasteiger partial charge on any atom is -0.493 e. The highest BCUT2D eigenvalue weighted by Gasteiger charge is 2.33. The van der Waals surface area contributed by atoms with Crippen molar-refractivity contribution < 1.29 is 4.74 Å². The number of benzene rings is 1. The number of ether oxygens (including phenoxy) is 1. The average molecular weight is 287 g/mol. The molecule has 0 radical (unpaired) electrons. The number of hydrogen-bond donors (Lipinski definition) is 1. The van der Waals surface area contributed by atoms with Gasteiger partial charge in [-0.25, -0.2) is 0 Å². The Bertz CT molecular complexity index is 471. The van der Waals surface area contributed by atoms with E-state index in [1.165, 1.54) is 42.6 Å². The van der Waals surface area contributed by atoms with Gasteiger partial charge in [0.1, 0.15) is 5.75 Å². The Morgan fingerprint density at radius 2 is 2.14 bits per heavy atom. The Balaban J connectivity index is 1.86. The van der Waals surface area contributed by atoms with Crippen molar-refractivity contribution in [3.8, 4) is 5.75 Å². The van der Waals surface area contributed by atoms with Crippen molar-refractivity contribution in [3.05, 3.63) is 29.3 Å². The third-order valence-electron chi connectivity index (χ3n) is 5.48. The van der Waals surface area contributed by atoms with Crippen LogP contribution in [0, 0.1) is 11.8 Å². The monoisotopic (exact) mass is 287 g/mol. The Morgan fingerprint density at radius 1 is 1.24 bits per heavy atom. The summed E-state index contributed by atoms with van der Waals surface area (Å²) in [7, 11) is 0. The zero-order valence-electron chi connectivity index (χ0n) is 13.5. The van der Waals surface area contributed by atoms with E-state index in [0.29, 0.717) is 5.92 Å². The molecule has 1 heterocycles. The summed E-state index contributed by atoms with van der Waals surface area (Å²) in [6, 6.07) is 6.81. The van der Waals surface area contributed by atoms with Gasteiger partial charge in [-0.05, 0) is 54.8 Å². The minimum atomic E-state index is 0.677. The Labute approximate surface area is 129 Å². The van der Waals surface area contributed by atoms with Crippen LogP contribution in [0.15, 0.2) is 18.2 Å². The second-order valence-corrected chi connectivity index (χ2v) is 6.70. The van der Waals surface area contributed by atoms with E-state index >= 15 is 0 Å². The van der Waals surface area contributed by atoms with Crippen LogP contribution in [0.1, 0.15) is 56.6 Å². The Hall–Kier alpha value is -1.02. The second-order valence-electron chi connectivity index (χ2n) is 6.70. The first-order valence-electron chi connectivity index (χ1n) is 8.78. The SMILES string of the molecule is CCNCC1CCC(CC)CC1c1cccc2c1OCC2. The molecule has 0 spiro atoms. The van der Waals surface area contributed by atoms with Crippen LogP contribution < -0.4 is 10.1 Å². The number of para-hydroxylation sites is 1. The number of hydrogen-bond acceptors (Lipinski definition) is 2. The Kier molecular flexibility index (Phi) is 4.84. The van der Waals surface area contributed by atoms with Crippen molar-refractivity contribution in [2.45, 2.75) is 51.9 Å². The first kappa shape index (κ1) is 14.9. The average Bonchev–Trinajstić information content (AvgIpc) is 3.01. The lowest BCUT2D eigenvalue weighted by Gasteiger charge is -2.37. The molecule has 1 aromatic rings. The summed E-state index contributed by atoms with van der Waals surface area (Å²) in [4.78, 5) is 0. The molecule has 0 aromatic heterocycles. The highest BCUT2D eigenvalue weighted by Crippen LogP contribution is 2.46. The van der Waals surface area contributed by atoms with Gasteiger partial charge in [-0.15, -0.1) is 0 Å². The molecule has 2 heteroatoms. The van der Waals surface area contributed by atoms with Gasteiger partial charge in [0.15, 0.2) is 0 Å². The van der Waals surface area contributed by atoms with Crippen molar-refractivity contribution in [1.82, 2.24) is 5.32 Å². The molecule has 2 nitrogen and oxygen atoms in total. The van der Waals surface area contributed by atoms with Gasteiger partial charge in [-0.3, -0.25) is 0 Å². The van der Waals surface area contributed by atoms with Gasteiger partial charge >= 0.3 is 0 Å². The molecular weight excluding hydrogens is 258 g/mol. The molecule has 3 rings (SSSR count). The van der Waals surface area contributed by atoms with E-state index in [1.54, 1.807) is 0 Å². The number of rotatable bonds is 5. The molecule has 1 fully saturated rings. The normalized spacial score (nSPS) is 28.2. The van der Waals surface area contributed by atoms with Gasteiger partial charge in [0.05, 0.1) is 6.61 Å². The third kappa shape index (κ3) is 3.11. The molecule has 3 atom stereocenters. The molecular formula is C19H29NO. The van der Waals surface area contributed by atoms with Gasteiger partial charge < -0.3 is 10.1 Å². The van der Waals surface area contributed by atoms with E-state index < -0.39 is 0 Å². The first-order chi connectivity index (χ1) is 10.3. The van der Waals surface area contributed by atoms with Gasteiger partial charge in [0, 0.05) is 6.42 Å². The fourth-order valence-electron chi connectivity index (χ4n) is 4.18. The molecule has 2 aliphatic rings. The minimum absolute atomic E-state index is 0.677.